The first kappa shape index (κ1) is 13.8. The van der Waals surface area contributed by atoms with Crippen LogP contribution in [0.4, 0.5) is 0 Å². The molecule has 0 bridgehead atoms. The third-order valence-electron chi connectivity index (χ3n) is 3.42. The molecule has 0 N–H and O–H groups in total. The van der Waals surface area contributed by atoms with Crippen molar-refractivity contribution in [3.05, 3.63) is 41.5 Å². The maximum absolute atomic E-state index is 12.5. The van der Waals surface area contributed by atoms with Gasteiger partial charge in [0.1, 0.15) is 0 Å². The lowest BCUT2D eigenvalue weighted by Gasteiger charge is -2.34. The molecule has 1 atom stereocenters. The van der Waals surface area contributed by atoms with Crippen LogP contribution >= 0.6 is 0 Å². The summed E-state index contributed by atoms with van der Waals surface area (Å²) in [6.45, 7) is 6.02. The molecule has 3 nitrogen and oxygen atoms in total. The molecule has 1 amide bonds. The van der Waals surface area contributed by atoms with E-state index >= 15 is 0 Å². The van der Waals surface area contributed by atoms with Crippen molar-refractivity contribution in [2.75, 3.05) is 19.8 Å². The molecule has 1 aromatic carbocycles. The van der Waals surface area contributed by atoms with Crippen LogP contribution in [0, 0.1) is 0 Å². The number of morpholine rings is 1. The van der Waals surface area contributed by atoms with Crippen molar-refractivity contribution in [2.45, 2.75) is 26.3 Å². The molecular formula is C16H21NO2. The summed E-state index contributed by atoms with van der Waals surface area (Å²) in [5, 5.41) is 0. The largest absolute Gasteiger partial charge is 0.377 e. The van der Waals surface area contributed by atoms with Crippen LogP contribution in [0.15, 0.2) is 35.9 Å². The van der Waals surface area contributed by atoms with Gasteiger partial charge < -0.3 is 9.64 Å². The van der Waals surface area contributed by atoms with Gasteiger partial charge in [-0.05, 0) is 25.0 Å². The van der Waals surface area contributed by atoms with Gasteiger partial charge in [0.25, 0.3) is 0 Å². The Morgan fingerprint density at radius 3 is 2.79 bits per heavy atom. The van der Waals surface area contributed by atoms with Gasteiger partial charge in [0.15, 0.2) is 0 Å². The average molecular weight is 259 g/mol. The van der Waals surface area contributed by atoms with Crippen molar-refractivity contribution in [1.29, 1.82) is 0 Å². The van der Waals surface area contributed by atoms with E-state index in [1.807, 2.05) is 55.2 Å². The second-order valence-electron chi connectivity index (χ2n) is 4.86. The molecule has 1 heterocycles. The van der Waals surface area contributed by atoms with Gasteiger partial charge in [-0.3, -0.25) is 4.79 Å². The molecule has 1 fully saturated rings. The molecule has 1 aliphatic rings. The second-order valence-corrected chi connectivity index (χ2v) is 4.86. The fraction of sp³-hybridized carbons (Fsp3) is 0.438. The maximum Gasteiger partial charge on any atom is 0.250 e. The molecule has 19 heavy (non-hydrogen) atoms. The molecule has 3 heteroatoms. The molecule has 2 rings (SSSR count). The van der Waals surface area contributed by atoms with Gasteiger partial charge >= 0.3 is 0 Å². The van der Waals surface area contributed by atoms with Gasteiger partial charge in [-0.15, -0.1) is 0 Å². The number of hydrogen-bond acceptors (Lipinski definition) is 2. The Hall–Kier alpha value is -1.61. The summed E-state index contributed by atoms with van der Waals surface area (Å²) in [5.74, 6) is 0.141. The normalized spacial score (nSPS) is 20.4. The standard InChI is InChI=1S/C16H21NO2/c1-3-15(11-14-7-5-4-6-8-14)16(18)17-9-10-19-12-13(17)2/h4-8,11,13H,3,9-10,12H2,1-2H3/b15-11+. The molecule has 0 aliphatic carbocycles. The minimum absolute atomic E-state index is 0.141. The molecular weight excluding hydrogens is 238 g/mol. The third kappa shape index (κ3) is 3.44. The first-order valence-electron chi connectivity index (χ1n) is 6.86. The fourth-order valence-corrected chi connectivity index (χ4v) is 2.28. The zero-order valence-electron chi connectivity index (χ0n) is 11.6. The van der Waals surface area contributed by atoms with Crippen molar-refractivity contribution in [3.63, 3.8) is 0 Å². The molecule has 1 aromatic rings. The summed E-state index contributed by atoms with van der Waals surface area (Å²) < 4.78 is 5.38. The first-order valence-corrected chi connectivity index (χ1v) is 6.86. The van der Waals surface area contributed by atoms with E-state index in [9.17, 15) is 4.79 Å². The summed E-state index contributed by atoms with van der Waals surface area (Å²) in [6.07, 6.45) is 2.74. The summed E-state index contributed by atoms with van der Waals surface area (Å²) in [4.78, 5) is 14.5. The Balaban J connectivity index is 2.17. The number of rotatable bonds is 3. The van der Waals surface area contributed by atoms with E-state index in [2.05, 4.69) is 0 Å². The SMILES string of the molecule is CC/C(=C\c1ccccc1)C(=O)N1CCOCC1C. The highest BCUT2D eigenvalue weighted by atomic mass is 16.5. The van der Waals surface area contributed by atoms with Crippen LogP contribution in [0.3, 0.4) is 0 Å². The Kier molecular flexibility index (Phi) is 4.74. The summed E-state index contributed by atoms with van der Waals surface area (Å²) >= 11 is 0. The van der Waals surface area contributed by atoms with Gasteiger partial charge in [0.2, 0.25) is 5.91 Å². The Labute approximate surface area is 114 Å². The van der Waals surface area contributed by atoms with Crippen LogP contribution in [0.1, 0.15) is 25.8 Å². The molecule has 0 aromatic heterocycles. The van der Waals surface area contributed by atoms with Gasteiger partial charge in [0, 0.05) is 12.1 Å². The van der Waals surface area contributed by atoms with E-state index in [1.54, 1.807) is 0 Å². The van der Waals surface area contributed by atoms with Crippen LogP contribution < -0.4 is 0 Å². The zero-order valence-corrected chi connectivity index (χ0v) is 11.6. The van der Waals surface area contributed by atoms with E-state index in [0.717, 1.165) is 17.6 Å². The van der Waals surface area contributed by atoms with Crippen molar-refractivity contribution in [2.24, 2.45) is 0 Å². The van der Waals surface area contributed by atoms with Gasteiger partial charge in [-0.25, -0.2) is 0 Å². The van der Waals surface area contributed by atoms with E-state index in [0.29, 0.717) is 19.8 Å². The lowest BCUT2D eigenvalue weighted by molar-refractivity contribution is -0.134. The van der Waals surface area contributed by atoms with Crippen LogP contribution in [-0.2, 0) is 9.53 Å². The fourth-order valence-electron chi connectivity index (χ4n) is 2.28. The highest BCUT2D eigenvalue weighted by Crippen LogP contribution is 2.16. The lowest BCUT2D eigenvalue weighted by atomic mass is 10.1. The molecule has 0 spiro atoms. The summed E-state index contributed by atoms with van der Waals surface area (Å²) in [5.41, 5.74) is 1.94. The maximum atomic E-state index is 12.5. The van der Waals surface area contributed by atoms with E-state index in [1.165, 1.54) is 0 Å². The van der Waals surface area contributed by atoms with Crippen molar-refractivity contribution in [1.82, 2.24) is 4.90 Å². The number of carbonyl (C=O) groups is 1. The van der Waals surface area contributed by atoms with Gasteiger partial charge in [-0.2, -0.15) is 0 Å². The second kappa shape index (κ2) is 6.53. The molecule has 102 valence electrons. The number of hydrogen-bond donors (Lipinski definition) is 0. The smallest absolute Gasteiger partial charge is 0.250 e. The predicted octanol–water partition coefficient (Wildman–Crippen LogP) is 2.73. The van der Waals surface area contributed by atoms with Crippen LogP contribution in [-0.4, -0.2) is 36.6 Å². The monoisotopic (exact) mass is 259 g/mol. The average Bonchev–Trinajstić information content (AvgIpc) is 2.46. The Bertz CT molecular complexity index is 453. The highest BCUT2D eigenvalue weighted by molar-refractivity contribution is 5.98. The van der Waals surface area contributed by atoms with E-state index in [-0.39, 0.29) is 11.9 Å². The van der Waals surface area contributed by atoms with Gasteiger partial charge in [0.05, 0.1) is 19.3 Å². The molecule has 1 aliphatic heterocycles. The lowest BCUT2D eigenvalue weighted by Crippen LogP contribution is -2.47. The predicted molar refractivity (Wildman–Crippen MR) is 76.7 cm³/mol. The van der Waals surface area contributed by atoms with Crippen molar-refractivity contribution in [3.8, 4) is 0 Å². The molecule has 1 unspecified atom stereocenters. The number of nitrogens with zero attached hydrogens (tertiary/aromatic N) is 1. The number of carbonyl (C=O) groups excluding carboxylic acids is 1. The molecule has 1 saturated heterocycles. The van der Waals surface area contributed by atoms with E-state index in [4.69, 9.17) is 4.74 Å². The minimum Gasteiger partial charge on any atom is -0.377 e. The molecule has 0 saturated carbocycles. The van der Waals surface area contributed by atoms with Crippen LogP contribution in [0.5, 0.6) is 0 Å². The van der Waals surface area contributed by atoms with Crippen molar-refractivity contribution >= 4 is 12.0 Å². The third-order valence-corrected chi connectivity index (χ3v) is 3.42. The Morgan fingerprint density at radius 1 is 1.42 bits per heavy atom. The van der Waals surface area contributed by atoms with E-state index < -0.39 is 0 Å². The topological polar surface area (TPSA) is 29.5 Å². The molecule has 0 radical (unpaired) electrons. The number of benzene rings is 1. The van der Waals surface area contributed by atoms with Crippen LogP contribution in [0.25, 0.3) is 6.08 Å². The van der Waals surface area contributed by atoms with Gasteiger partial charge in [-0.1, -0.05) is 37.3 Å². The minimum atomic E-state index is 0.141. The van der Waals surface area contributed by atoms with Crippen LogP contribution in [0.2, 0.25) is 0 Å². The number of ether oxygens (including phenoxy) is 1. The summed E-state index contributed by atoms with van der Waals surface area (Å²) in [6, 6.07) is 10.2. The zero-order chi connectivity index (χ0) is 13.7. The first-order chi connectivity index (χ1) is 9.22. The highest BCUT2D eigenvalue weighted by Gasteiger charge is 2.25. The van der Waals surface area contributed by atoms with Crippen molar-refractivity contribution < 1.29 is 9.53 Å². The number of amides is 1. The quantitative estimate of drug-likeness (QED) is 0.781. The Morgan fingerprint density at radius 2 is 2.16 bits per heavy atom. The summed E-state index contributed by atoms with van der Waals surface area (Å²) in [7, 11) is 0.